The van der Waals surface area contributed by atoms with Crippen LogP contribution in [0.4, 0.5) is 8.78 Å². The molecule has 3 nitrogen and oxygen atoms in total. The molecule has 0 bridgehead atoms. The van der Waals surface area contributed by atoms with E-state index in [0.717, 1.165) is 29.7 Å². The molecule has 24 heavy (non-hydrogen) atoms. The van der Waals surface area contributed by atoms with Gasteiger partial charge in [-0.2, -0.15) is 0 Å². The Morgan fingerprint density at radius 1 is 1.29 bits per heavy atom. The second-order valence-corrected chi connectivity index (χ2v) is 6.84. The van der Waals surface area contributed by atoms with Gasteiger partial charge in [0.1, 0.15) is 18.1 Å². The summed E-state index contributed by atoms with van der Waals surface area (Å²) in [5.41, 5.74) is 2.43. The number of fused-ring (bicyclic) bond motifs is 1. The zero-order valence-electron chi connectivity index (χ0n) is 13.8. The highest BCUT2D eigenvalue weighted by Crippen LogP contribution is 2.50. The first-order chi connectivity index (χ1) is 11.5. The first-order valence-electron chi connectivity index (χ1n) is 8.21. The number of aryl methyl sites for hydroxylation is 1. The van der Waals surface area contributed by atoms with E-state index in [1.807, 2.05) is 30.3 Å². The molecule has 5 heteroatoms. The van der Waals surface area contributed by atoms with Crippen molar-refractivity contribution < 1.29 is 13.5 Å². The number of aromatic nitrogens is 1. The Morgan fingerprint density at radius 2 is 2.04 bits per heavy atom. The van der Waals surface area contributed by atoms with Crippen LogP contribution in [0.25, 0.3) is 0 Å². The molecule has 126 valence electrons. The number of benzene rings is 1. The number of rotatable bonds is 2. The van der Waals surface area contributed by atoms with Crippen LogP contribution in [0.3, 0.4) is 0 Å². The number of likely N-dealkylation sites (N-methyl/N-ethyl adjacent to an activating group) is 1. The van der Waals surface area contributed by atoms with E-state index in [9.17, 15) is 8.78 Å². The normalized spacial score (nSPS) is 22.1. The van der Waals surface area contributed by atoms with Gasteiger partial charge in [0.2, 0.25) is 0 Å². The van der Waals surface area contributed by atoms with Crippen LogP contribution < -0.4 is 4.74 Å². The average molecular weight is 330 g/mol. The van der Waals surface area contributed by atoms with Crippen molar-refractivity contribution >= 4 is 0 Å². The molecule has 2 aromatic rings. The highest BCUT2D eigenvalue weighted by molar-refractivity contribution is 5.44. The van der Waals surface area contributed by atoms with Crippen molar-refractivity contribution in [2.45, 2.75) is 37.8 Å². The SMILES string of the molecule is Cc1cc(C2c3ccccc3OCC3(CC3)N2C)cnc1C(F)F. The second-order valence-electron chi connectivity index (χ2n) is 6.84. The van der Waals surface area contributed by atoms with Gasteiger partial charge in [0, 0.05) is 11.8 Å². The zero-order chi connectivity index (χ0) is 16.9. The van der Waals surface area contributed by atoms with Crippen molar-refractivity contribution in [3.8, 4) is 5.75 Å². The maximum atomic E-state index is 13.0. The summed E-state index contributed by atoms with van der Waals surface area (Å²) in [6.07, 6.45) is 1.23. The molecule has 1 aromatic heterocycles. The summed E-state index contributed by atoms with van der Waals surface area (Å²) >= 11 is 0. The molecular formula is C19H20F2N2O. The van der Waals surface area contributed by atoms with Crippen LogP contribution in [0.5, 0.6) is 5.75 Å². The van der Waals surface area contributed by atoms with Gasteiger partial charge in [-0.05, 0) is 44.0 Å². The van der Waals surface area contributed by atoms with E-state index in [4.69, 9.17) is 4.74 Å². The average Bonchev–Trinajstić information content (AvgIpc) is 3.36. The second kappa shape index (κ2) is 5.52. The fourth-order valence-electron chi connectivity index (χ4n) is 3.66. The van der Waals surface area contributed by atoms with Crippen molar-refractivity contribution in [1.82, 2.24) is 9.88 Å². The van der Waals surface area contributed by atoms with Crippen LogP contribution in [0.2, 0.25) is 0 Å². The fraction of sp³-hybridized carbons (Fsp3) is 0.421. The lowest BCUT2D eigenvalue weighted by atomic mass is 9.95. The zero-order valence-corrected chi connectivity index (χ0v) is 13.8. The predicted molar refractivity (Wildman–Crippen MR) is 87.4 cm³/mol. The van der Waals surface area contributed by atoms with E-state index in [1.165, 1.54) is 0 Å². The van der Waals surface area contributed by atoms with Crippen LogP contribution in [-0.4, -0.2) is 29.1 Å². The lowest BCUT2D eigenvalue weighted by molar-refractivity contribution is 0.136. The molecule has 4 rings (SSSR count). The lowest BCUT2D eigenvalue weighted by Gasteiger charge is -2.33. The molecule has 1 aliphatic carbocycles. The smallest absolute Gasteiger partial charge is 0.280 e. The third kappa shape index (κ3) is 2.38. The molecule has 1 fully saturated rings. The first kappa shape index (κ1) is 15.5. The van der Waals surface area contributed by atoms with Crippen molar-refractivity contribution in [2.24, 2.45) is 0 Å². The van der Waals surface area contributed by atoms with Crippen LogP contribution in [-0.2, 0) is 0 Å². The van der Waals surface area contributed by atoms with Crippen LogP contribution in [0, 0.1) is 6.92 Å². The van der Waals surface area contributed by atoms with Gasteiger partial charge in [0.25, 0.3) is 6.43 Å². The first-order valence-corrected chi connectivity index (χ1v) is 8.21. The van der Waals surface area contributed by atoms with Crippen molar-refractivity contribution in [2.75, 3.05) is 13.7 Å². The van der Waals surface area contributed by atoms with Gasteiger partial charge in [-0.1, -0.05) is 24.3 Å². The molecule has 0 amide bonds. The minimum Gasteiger partial charge on any atom is -0.491 e. The number of nitrogens with zero attached hydrogens (tertiary/aromatic N) is 2. The summed E-state index contributed by atoms with van der Waals surface area (Å²) in [4.78, 5) is 6.37. The summed E-state index contributed by atoms with van der Waals surface area (Å²) in [5.74, 6) is 0.869. The van der Waals surface area contributed by atoms with Crippen molar-refractivity contribution in [1.29, 1.82) is 0 Å². The summed E-state index contributed by atoms with van der Waals surface area (Å²) in [5, 5.41) is 0. The van der Waals surface area contributed by atoms with E-state index in [-0.39, 0.29) is 17.3 Å². The number of hydrogen-bond donors (Lipinski definition) is 0. The maximum Gasteiger partial charge on any atom is 0.280 e. The Labute approximate surface area is 140 Å². The summed E-state index contributed by atoms with van der Waals surface area (Å²) in [6.45, 7) is 2.36. The van der Waals surface area contributed by atoms with Gasteiger partial charge in [0.05, 0.1) is 11.6 Å². The third-order valence-corrected chi connectivity index (χ3v) is 5.33. The Balaban J connectivity index is 1.83. The Morgan fingerprint density at radius 3 is 2.71 bits per heavy atom. The van der Waals surface area contributed by atoms with Gasteiger partial charge in [0.15, 0.2) is 0 Å². The number of pyridine rings is 1. The highest BCUT2D eigenvalue weighted by Gasteiger charge is 2.51. The standard InChI is InChI=1S/C19H20F2N2O/c1-12-9-13(10-22-16(12)18(20)21)17-14-5-3-4-6-15(14)24-11-19(7-8-19)23(17)2/h3-6,9-10,17-18H,7-8,11H2,1-2H3. The van der Waals surface area contributed by atoms with E-state index in [2.05, 4.69) is 16.9 Å². The highest BCUT2D eigenvalue weighted by atomic mass is 19.3. The van der Waals surface area contributed by atoms with Crippen LogP contribution >= 0.6 is 0 Å². The van der Waals surface area contributed by atoms with Crippen molar-refractivity contribution in [3.63, 3.8) is 0 Å². The predicted octanol–water partition coefficient (Wildman–Crippen LogP) is 4.27. The van der Waals surface area contributed by atoms with Gasteiger partial charge < -0.3 is 4.74 Å². The summed E-state index contributed by atoms with van der Waals surface area (Å²) in [6, 6.07) is 9.78. The summed E-state index contributed by atoms with van der Waals surface area (Å²) < 4.78 is 32.1. The molecule has 1 unspecified atom stereocenters. The molecule has 2 heterocycles. The van der Waals surface area contributed by atoms with Crippen LogP contribution in [0.1, 0.15) is 47.7 Å². The Kier molecular flexibility index (Phi) is 3.57. The molecule has 1 aromatic carbocycles. The molecule has 1 atom stereocenters. The van der Waals surface area contributed by atoms with E-state index in [1.54, 1.807) is 13.1 Å². The van der Waals surface area contributed by atoms with Gasteiger partial charge in [-0.3, -0.25) is 9.88 Å². The third-order valence-electron chi connectivity index (χ3n) is 5.33. The van der Waals surface area contributed by atoms with E-state index < -0.39 is 6.43 Å². The molecular weight excluding hydrogens is 310 g/mol. The van der Waals surface area contributed by atoms with E-state index >= 15 is 0 Å². The van der Waals surface area contributed by atoms with Crippen LogP contribution in [0.15, 0.2) is 36.5 Å². The minimum absolute atomic E-state index is 0.0378. The van der Waals surface area contributed by atoms with Crippen molar-refractivity contribution in [3.05, 3.63) is 58.9 Å². The molecule has 1 aliphatic heterocycles. The lowest BCUT2D eigenvalue weighted by Crippen LogP contribution is -2.39. The topological polar surface area (TPSA) is 25.4 Å². The summed E-state index contributed by atoms with van der Waals surface area (Å²) in [7, 11) is 2.10. The number of alkyl halides is 2. The molecule has 0 radical (unpaired) electrons. The van der Waals surface area contributed by atoms with Gasteiger partial charge >= 0.3 is 0 Å². The number of para-hydroxylation sites is 1. The molecule has 0 saturated heterocycles. The number of ether oxygens (including phenoxy) is 1. The van der Waals surface area contributed by atoms with E-state index in [0.29, 0.717) is 12.2 Å². The quantitative estimate of drug-likeness (QED) is 0.822. The van der Waals surface area contributed by atoms with Gasteiger partial charge in [-0.25, -0.2) is 8.78 Å². The molecule has 1 saturated carbocycles. The number of halogens is 2. The Bertz CT molecular complexity index is 774. The minimum atomic E-state index is -2.55. The monoisotopic (exact) mass is 330 g/mol. The Hall–Kier alpha value is -2.01. The molecule has 0 N–H and O–H groups in total. The largest absolute Gasteiger partial charge is 0.491 e. The molecule has 1 spiro atoms. The molecule has 2 aliphatic rings. The number of hydrogen-bond acceptors (Lipinski definition) is 3. The van der Waals surface area contributed by atoms with Gasteiger partial charge in [-0.15, -0.1) is 0 Å². The maximum absolute atomic E-state index is 13.0. The fourth-order valence-corrected chi connectivity index (χ4v) is 3.66.